The Balaban J connectivity index is 2.91. The van der Waals surface area contributed by atoms with E-state index in [-0.39, 0.29) is 5.60 Å². The lowest BCUT2D eigenvalue weighted by Crippen LogP contribution is -2.27. The Morgan fingerprint density at radius 1 is 1.50 bits per heavy atom. The standard InChI is InChI=1S/C11H16ClNO/c1-5-11(3,4)14-9-6-10(12)13-7-8(9)2/h6-7H,5H2,1-4H3. The van der Waals surface area contributed by atoms with Crippen molar-refractivity contribution in [3.05, 3.63) is 23.0 Å². The molecular weight excluding hydrogens is 198 g/mol. The smallest absolute Gasteiger partial charge is 0.132 e. The number of pyridine rings is 1. The van der Waals surface area contributed by atoms with E-state index in [1.165, 1.54) is 0 Å². The van der Waals surface area contributed by atoms with Gasteiger partial charge in [0.25, 0.3) is 0 Å². The maximum absolute atomic E-state index is 5.84. The summed E-state index contributed by atoms with van der Waals surface area (Å²) in [6, 6.07) is 1.76. The Labute approximate surface area is 90.3 Å². The fraction of sp³-hybridized carbons (Fsp3) is 0.545. The Kier molecular flexibility index (Phi) is 3.38. The van der Waals surface area contributed by atoms with Crippen molar-refractivity contribution >= 4 is 11.6 Å². The molecule has 0 aliphatic rings. The summed E-state index contributed by atoms with van der Waals surface area (Å²) in [5.74, 6) is 0.817. The van der Waals surface area contributed by atoms with Crippen molar-refractivity contribution in [2.24, 2.45) is 0 Å². The van der Waals surface area contributed by atoms with Crippen LogP contribution in [0.2, 0.25) is 5.15 Å². The monoisotopic (exact) mass is 213 g/mol. The summed E-state index contributed by atoms with van der Waals surface area (Å²) in [7, 11) is 0. The Morgan fingerprint density at radius 3 is 2.71 bits per heavy atom. The number of aryl methyl sites for hydroxylation is 1. The first-order chi connectivity index (χ1) is 6.44. The third-order valence-corrected chi connectivity index (χ3v) is 2.46. The van der Waals surface area contributed by atoms with Crippen molar-refractivity contribution in [2.45, 2.75) is 39.7 Å². The second kappa shape index (κ2) is 4.18. The minimum absolute atomic E-state index is 0.157. The molecule has 0 unspecified atom stereocenters. The lowest BCUT2D eigenvalue weighted by atomic mass is 10.1. The largest absolute Gasteiger partial charge is 0.487 e. The summed E-state index contributed by atoms with van der Waals surface area (Å²) < 4.78 is 5.84. The second-order valence-corrected chi connectivity index (χ2v) is 4.38. The molecule has 14 heavy (non-hydrogen) atoms. The van der Waals surface area contributed by atoms with Crippen LogP contribution in [-0.2, 0) is 0 Å². The summed E-state index contributed by atoms with van der Waals surface area (Å²) in [5, 5.41) is 0.470. The average Bonchev–Trinajstić information content (AvgIpc) is 2.11. The molecule has 0 spiro atoms. The van der Waals surface area contributed by atoms with Crippen LogP contribution < -0.4 is 4.74 Å². The van der Waals surface area contributed by atoms with Crippen molar-refractivity contribution in [1.82, 2.24) is 4.98 Å². The number of rotatable bonds is 3. The predicted octanol–water partition coefficient (Wildman–Crippen LogP) is 3.61. The molecule has 0 bridgehead atoms. The van der Waals surface area contributed by atoms with Gasteiger partial charge in [-0.1, -0.05) is 18.5 Å². The van der Waals surface area contributed by atoms with Gasteiger partial charge in [0.1, 0.15) is 16.5 Å². The molecule has 0 aromatic carbocycles. The third-order valence-electron chi connectivity index (χ3n) is 2.26. The topological polar surface area (TPSA) is 22.1 Å². The van der Waals surface area contributed by atoms with E-state index in [4.69, 9.17) is 16.3 Å². The maximum atomic E-state index is 5.84. The van der Waals surface area contributed by atoms with Crippen LogP contribution in [0.5, 0.6) is 5.75 Å². The normalized spacial score (nSPS) is 11.5. The van der Waals surface area contributed by atoms with Gasteiger partial charge in [-0.2, -0.15) is 0 Å². The highest BCUT2D eigenvalue weighted by atomic mass is 35.5. The van der Waals surface area contributed by atoms with Gasteiger partial charge in [-0.25, -0.2) is 4.98 Å². The number of hydrogen-bond donors (Lipinski definition) is 0. The van der Waals surface area contributed by atoms with E-state index in [0.717, 1.165) is 17.7 Å². The predicted molar refractivity (Wildman–Crippen MR) is 59.0 cm³/mol. The summed E-state index contributed by atoms with van der Waals surface area (Å²) in [6.45, 7) is 8.17. The van der Waals surface area contributed by atoms with E-state index in [0.29, 0.717) is 5.15 Å². The molecule has 2 nitrogen and oxygen atoms in total. The minimum Gasteiger partial charge on any atom is -0.487 e. The molecule has 0 saturated heterocycles. The van der Waals surface area contributed by atoms with Crippen LogP contribution in [0.3, 0.4) is 0 Å². The molecule has 1 heterocycles. The van der Waals surface area contributed by atoms with Crippen molar-refractivity contribution < 1.29 is 4.74 Å². The summed E-state index contributed by atoms with van der Waals surface area (Å²) in [4.78, 5) is 3.98. The molecule has 0 atom stereocenters. The zero-order valence-electron chi connectivity index (χ0n) is 9.10. The van der Waals surface area contributed by atoms with Crippen LogP contribution >= 0.6 is 11.6 Å². The van der Waals surface area contributed by atoms with Gasteiger partial charge in [0, 0.05) is 17.8 Å². The molecule has 1 aromatic rings. The summed E-state index contributed by atoms with van der Waals surface area (Å²) in [6.07, 6.45) is 2.68. The molecule has 3 heteroatoms. The van der Waals surface area contributed by atoms with Crippen LogP contribution in [0.15, 0.2) is 12.3 Å². The lowest BCUT2D eigenvalue weighted by molar-refractivity contribution is 0.104. The fourth-order valence-electron chi connectivity index (χ4n) is 0.961. The third kappa shape index (κ3) is 2.88. The van der Waals surface area contributed by atoms with E-state index >= 15 is 0 Å². The molecule has 0 saturated carbocycles. The Morgan fingerprint density at radius 2 is 2.14 bits per heavy atom. The van der Waals surface area contributed by atoms with Gasteiger partial charge in [0.05, 0.1) is 0 Å². The molecule has 0 aliphatic heterocycles. The van der Waals surface area contributed by atoms with E-state index in [9.17, 15) is 0 Å². The quantitative estimate of drug-likeness (QED) is 0.716. The van der Waals surface area contributed by atoms with E-state index < -0.39 is 0 Å². The van der Waals surface area contributed by atoms with E-state index in [1.807, 2.05) is 6.92 Å². The molecule has 0 N–H and O–H groups in total. The summed E-state index contributed by atoms with van der Waals surface area (Å²) >= 11 is 5.80. The average molecular weight is 214 g/mol. The first kappa shape index (κ1) is 11.3. The lowest BCUT2D eigenvalue weighted by Gasteiger charge is -2.25. The summed E-state index contributed by atoms with van der Waals surface area (Å²) in [5.41, 5.74) is 0.853. The number of nitrogens with zero attached hydrogens (tertiary/aromatic N) is 1. The highest BCUT2D eigenvalue weighted by Gasteiger charge is 2.18. The fourth-order valence-corrected chi connectivity index (χ4v) is 1.11. The van der Waals surface area contributed by atoms with Gasteiger partial charge >= 0.3 is 0 Å². The van der Waals surface area contributed by atoms with Crippen LogP contribution in [-0.4, -0.2) is 10.6 Å². The van der Waals surface area contributed by atoms with Gasteiger partial charge in [0.15, 0.2) is 0 Å². The number of aromatic nitrogens is 1. The van der Waals surface area contributed by atoms with Gasteiger partial charge in [-0.3, -0.25) is 0 Å². The molecule has 0 amide bonds. The molecule has 1 aromatic heterocycles. The van der Waals surface area contributed by atoms with Crippen molar-refractivity contribution in [1.29, 1.82) is 0 Å². The van der Waals surface area contributed by atoms with Crippen molar-refractivity contribution in [2.75, 3.05) is 0 Å². The number of ether oxygens (including phenoxy) is 1. The van der Waals surface area contributed by atoms with Gasteiger partial charge in [-0.05, 0) is 27.2 Å². The van der Waals surface area contributed by atoms with Gasteiger partial charge in [-0.15, -0.1) is 0 Å². The van der Waals surface area contributed by atoms with Crippen molar-refractivity contribution in [3.63, 3.8) is 0 Å². The minimum atomic E-state index is -0.157. The van der Waals surface area contributed by atoms with Crippen LogP contribution in [0.4, 0.5) is 0 Å². The maximum Gasteiger partial charge on any atom is 0.132 e. The molecular formula is C11H16ClNO. The number of hydrogen-bond acceptors (Lipinski definition) is 2. The number of halogens is 1. The van der Waals surface area contributed by atoms with Crippen LogP contribution in [0.1, 0.15) is 32.8 Å². The highest BCUT2D eigenvalue weighted by molar-refractivity contribution is 6.29. The molecule has 0 aliphatic carbocycles. The van der Waals surface area contributed by atoms with Crippen molar-refractivity contribution in [3.8, 4) is 5.75 Å². The van der Waals surface area contributed by atoms with E-state index in [2.05, 4.69) is 25.8 Å². The first-order valence-corrected chi connectivity index (χ1v) is 5.13. The Hall–Kier alpha value is -0.760. The molecule has 0 fully saturated rings. The van der Waals surface area contributed by atoms with Crippen LogP contribution in [0, 0.1) is 6.92 Å². The first-order valence-electron chi connectivity index (χ1n) is 4.76. The SMILES string of the molecule is CCC(C)(C)Oc1cc(Cl)ncc1C. The molecule has 78 valence electrons. The zero-order valence-corrected chi connectivity index (χ0v) is 9.85. The zero-order chi connectivity index (χ0) is 10.8. The highest BCUT2D eigenvalue weighted by Crippen LogP contribution is 2.25. The van der Waals surface area contributed by atoms with E-state index in [1.54, 1.807) is 12.3 Å². The van der Waals surface area contributed by atoms with Gasteiger partial charge < -0.3 is 4.74 Å². The molecule has 0 radical (unpaired) electrons. The van der Waals surface area contributed by atoms with Gasteiger partial charge in [0.2, 0.25) is 0 Å². The molecule has 1 rings (SSSR count). The van der Waals surface area contributed by atoms with Crippen LogP contribution in [0.25, 0.3) is 0 Å². The Bertz CT molecular complexity index is 323. The second-order valence-electron chi connectivity index (χ2n) is 3.99.